The molecule has 0 aliphatic carbocycles. The Kier molecular flexibility index (Phi) is 5.46. The first-order valence-corrected chi connectivity index (χ1v) is 9.87. The molecule has 0 radical (unpaired) electrons. The topological polar surface area (TPSA) is 107 Å². The van der Waals surface area contributed by atoms with Crippen molar-refractivity contribution in [3.8, 4) is 5.75 Å². The third kappa shape index (κ3) is 3.89. The Bertz CT molecular complexity index is 960. The molecule has 0 fully saturated rings. The maximum Gasteiger partial charge on any atom is 0.274 e. The van der Waals surface area contributed by atoms with E-state index in [-0.39, 0.29) is 22.8 Å². The molecule has 2 heterocycles. The maximum atomic E-state index is 14.4. The number of nitrogens with one attached hydrogen (secondary N) is 1. The minimum Gasteiger partial charge on any atom is -0.495 e. The number of amides is 1. The molecule has 3 N–H and O–H groups in total. The van der Waals surface area contributed by atoms with Gasteiger partial charge in [-0.05, 0) is 44.2 Å². The van der Waals surface area contributed by atoms with Crippen molar-refractivity contribution in [1.82, 2.24) is 4.98 Å². The second-order valence-electron chi connectivity index (χ2n) is 6.83. The van der Waals surface area contributed by atoms with Crippen molar-refractivity contribution < 1.29 is 18.1 Å². The molecular formula is C19H21FN4O3S. The molecule has 1 aromatic heterocycles. The van der Waals surface area contributed by atoms with Crippen molar-refractivity contribution in [1.29, 1.82) is 0 Å². The SMILES string of the molecule is COc1ccc(C(=O)Nc2ccc(F)c(C3CS(=O)C(C)(C)C(N)=N3)c2)nc1. The van der Waals surface area contributed by atoms with E-state index in [1.165, 1.54) is 37.6 Å². The van der Waals surface area contributed by atoms with Crippen molar-refractivity contribution in [3.63, 3.8) is 0 Å². The number of carbonyl (C=O) groups is 1. The number of nitrogens with zero attached hydrogens (tertiary/aromatic N) is 2. The number of aliphatic imine (C=N–C) groups is 1. The van der Waals surface area contributed by atoms with Crippen molar-refractivity contribution in [2.24, 2.45) is 10.7 Å². The van der Waals surface area contributed by atoms with Gasteiger partial charge in [-0.25, -0.2) is 9.37 Å². The largest absolute Gasteiger partial charge is 0.495 e. The van der Waals surface area contributed by atoms with Gasteiger partial charge in [0.2, 0.25) is 0 Å². The van der Waals surface area contributed by atoms with Gasteiger partial charge >= 0.3 is 0 Å². The lowest BCUT2D eigenvalue weighted by Gasteiger charge is -2.31. The third-order valence-corrected chi connectivity index (χ3v) is 6.57. The molecule has 148 valence electrons. The number of methoxy groups -OCH3 is 1. The van der Waals surface area contributed by atoms with Gasteiger partial charge < -0.3 is 15.8 Å². The highest BCUT2D eigenvalue weighted by Gasteiger charge is 2.37. The van der Waals surface area contributed by atoms with E-state index in [2.05, 4.69) is 15.3 Å². The molecule has 1 aliphatic heterocycles. The number of ether oxygens (including phenoxy) is 1. The van der Waals surface area contributed by atoms with Crippen LogP contribution in [0.4, 0.5) is 10.1 Å². The molecule has 1 amide bonds. The van der Waals surface area contributed by atoms with E-state index >= 15 is 0 Å². The van der Waals surface area contributed by atoms with Crippen LogP contribution in [0.1, 0.15) is 35.9 Å². The van der Waals surface area contributed by atoms with Crippen molar-refractivity contribution >= 4 is 28.2 Å². The highest BCUT2D eigenvalue weighted by molar-refractivity contribution is 7.87. The lowest BCUT2D eigenvalue weighted by atomic mass is 10.1. The number of nitrogens with two attached hydrogens (primary N) is 1. The number of aromatic nitrogens is 1. The molecule has 0 saturated carbocycles. The van der Waals surface area contributed by atoms with Crippen LogP contribution in [0.15, 0.2) is 41.5 Å². The number of amidine groups is 1. The number of benzene rings is 1. The van der Waals surface area contributed by atoms with Crippen LogP contribution in [0.3, 0.4) is 0 Å². The monoisotopic (exact) mass is 404 g/mol. The Hall–Kier alpha value is -2.81. The maximum absolute atomic E-state index is 14.4. The second kappa shape index (κ2) is 7.67. The first-order valence-electron chi connectivity index (χ1n) is 8.55. The number of hydrogen-bond donors (Lipinski definition) is 2. The Labute approximate surface area is 164 Å². The Morgan fingerprint density at radius 3 is 2.71 bits per heavy atom. The van der Waals surface area contributed by atoms with Crippen LogP contribution in [0, 0.1) is 5.82 Å². The van der Waals surface area contributed by atoms with Crippen LogP contribution in [-0.4, -0.2) is 38.5 Å². The summed E-state index contributed by atoms with van der Waals surface area (Å²) in [6, 6.07) is 6.63. The number of pyridine rings is 1. The Morgan fingerprint density at radius 2 is 2.11 bits per heavy atom. The standard InChI is InChI=1S/C19H21FN4O3S/c1-19(2)18(21)24-16(10-28(19)26)13-8-11(4-6-14(13)20)23-17(25)15-7-5-12(27-3)9-22-15/h4-9,16H,10H2,1-3H3,(H2,21,24)(H,23,25). The summed E-state index contributed by atoms with van der Waals surface area (Å²) < 4.78 is 31.1. The van der Waals surface area contributed by atoms with Crippen LogP contribution in [-0.2, 0) is 10.8 Å². The van der Waals surface area contributed by atoms with E-state index in [1.807, 2.05) is 0 Å². The average molecular weight is 404 g/mol. The molecule has 28 heavy (non-hydrogen) atoms. The van der Waals surface area contributed by atoms with Gasteiger partial charge in [0.25, 0.3) is 5.91 Å². The fourth-order valence-corrected chi connectivity index (χ4v) is 3.94. The number of hydrogen-bond acceptors (Lipinski definition) is 6. The Morgan fingerprint density at radius 1 is 1.36 bits per heavy atom. The molecule has 9 heteroatoms. The number of rotatable bonds is 4. The minimum absolute atomic E-state index is 0.155. The summed E-state index contributed by atoms with van der Waals surface area (Å²) in [5.41, 5.74) is 6.74. The number of halogens is 1. The van der Waals surface area contributed by atoms with Crippen LogP contribution in [0.5, 0.6) is 5.75 Å². The number of carbonyl (C=O) groups excluding carboxylic acids is 1. The van der Waals surface area contributed by atoms with Gasteiger partial charge in [0.15, 0.2) is 0 Å². The van der Waals surface area contributed by atoms with E-state index in [0.29, 0.717) is 11.4 Å². The molecule has 1 aromatic carbocycles. The molecule has 1 aliphatic rings. The average Bonchev–Trinajstić information content (AvgIpc) is 2.67. The molecular weight excluding hydrogens is 383 g/mol. The van der Waals surface area contributed by atoms with Crippen LogP contribution < -0.4 is 15.8 Å². The van der Waals surface area contributed by atoms with Gasteiger partial charge in [0.1, 0.15) is 23.1 Å². The van der Waals surface area contributed by atoms with Crippen LogP contribution in [0.25, 0.3) is 0 Å². The second-order valence-corrected chi connectivity index (χ2v) is 8.87. The summed E-state index contributed by atoms with van der Waals surface area (Å²) >= 11 is 0. The molecule has 0 spiro atoms. The third-order valence-electron chi connectivity index (χ3n) is 4.61. The van der Waals surface area contributed by atoms with E-state index in [4.69, 9.17) is 10.5 Å². The van der Waals surface area contributed by atoms with E-state index in [1.54, 1.807) is 19.9 Å². The quantitative estimate of drug-likeness (QED) is 0.814. The summed E-state index contributed by atoms with van der Waals surface area (Å²) in [6.07, 6.45) is 1.43. The van der Waals surface area contributed by atoms with Crippen molar-refractivity contribution in [3.05, 3.63) is 53.6 Å². The van der Waals surface area contributed by atoms with E-state index < -0.39 is 33.3 Å². The predicted molar refractivity (Wildman–Crippen MR) is 107 cm³/mol. The van der Waals surface area contributed by atoms with Crippen molar-refractivity contribution in [2.75, 3.05) is 18.2 Å². The fourth-order valence-electron chi connectivity index (χ4n) is 2.70. The Balaban J connectivity index is 1.84. The molecule has 2 atom stereocenters. The summed E-state index contributed by atoms with van der Waals surface area (Å²) in [7, 11) is 0.204. The molecule has 3 rings (SSSR count). The van der Waals surface area contributed by atoms with Crippen molar-refractivity contribution in [2.45, 2.75) is 24.6 Å². The first kappa shape index (κ1) is 19.9. The zero-order valence-electron chi connectivity index (χ0n) is 15.7. The lowest BCUT2D eigenvalue weighted by Crippen LogP contribution is -2.47. The summed E-state index contributed by atoms with van der Waals surface area (Å²) in [6.45, 7) is 3.49. The molecule has 2 aromatic rings. The summed E-state index contributed by atoms with van der Waals surface area (Å²) in [4.78, 5) is 20.7. The van der Waals surface area contributed by atoms with Gasteiger partial charge in [-0.15, -0.1) is 0 Å². The van der Waals surface area contributed by atoms with Gasteiger partial charge in [-0.1, -0.05) is 0 Å². The van der Waals surface area contributed by atoms with Gasteiger partial charge in [-0.2, -0.15) is 0 Å². The van der Waals surface area contributed by atoms with Gasteiger partial charge in [-0.3, -0.25) is 14.0 Å². The molecule has 2 unspecified atom stereocenters. The summed E-state index contributed by atoms with van der Waals surface area (Å²) in [5, 5.41) is 2.68. The van der Waals surface area contributed by atoms with Gasteiger partial charge in [0.05, 0.1) is 29.8 Å². The van der Waals surface area contributed by atoms with E-state index in [0.717, 1.165) is 0 Å². The highest BCUT2D eigenvalue weighted by atomic mass is 32.2. The predicted octanol–water partition coefficient (Wildman–Crippen LogP) is 2.42. The highest BCUT2D eigenvalue weighted by Crippen LogP contribution is 2.32. The minimum atomic E-state index is -1.30. The normalized spacial score (nSPS) is 20.9. The smallest absolute Gasteiger partial charge is 0.274 e. The first-order chi connectivity index (χ1) is 13.2. The zero-order chi connectivity index (χ0) is 20.5. The molecule has 7 nitrogen and oxygen atoms in total. The van der Waals surface area contributed by atoms with Crippen LogP contribution >= 0.6 is 0 Å². The zero-order valence-corrected chi connectivity index (χ0v) is 16.5. The fraction of sp³-hybridized carbons (Fsp3) is 0.316. The lowest BCUT2D eigenvalue weighted by molar-refractivity contribution is 0.102. The van der Waals surface area contributed by atoms with Crippen LogP contribution in [0.2, 0.25) is 0 Å². The molecule has 0 saturated heterocycles. The van der Waals surface area contributed by atoms with Gasteiger partial charge in [0, 0.05) is 22.1 Å². The number of anilines is 1. The van der Waals surface area contributed by atoms with E-state index in [9.17, 15) is 13.4 Å². The molecule has 0 bridgehead atoms. The summed E-state index contributed by atoms with van der Waals surface area (Å²) in [5.74, 6) is -0.0414.